The largest absolute Gasteiger partial charge is 0.465 e. The lowest BCUT2D eigenvalue weighted by molar-refractivity contribution is -0.384. The topological polar surface area (TPSA) is 81.5 Å². The van der Waals surface area contributed by atoms with E-state index < -0.39 is 10.9 Å². The molecule has 0 saturated carbocycles. The van der Waals surface area contributed by atoms with Crippen molar-refractivity contribution < 1.29 is 14.5 Å². The number of esters is 1. The van der Waals surface area contributed by atoms with Gasteiger partial charge >= 0.3 is 5.97 Å². The van der Waals surface area contributed by atoms with Crippen LogP contribution in [0.1, 0.15) is 23.7 Å². The quantitative estimate of drug-likeness (QED) is 0.483. The standard InChI is InChI=1S/C11H14N2O4/c1-3-6-12-9-7-8(11(14)17-2)4-5-10(9)13(15)16/h4-5,7,12H,3,6H2,1-2H3. The normalized spacial score (nSPS) is 9.76. The maximum atomic E-state index is 11.3. The molecule has 6 heteroatoms. The van der Waals surface area contributed by atoms with Crippen molar-refractivity contribution in [1.29, 1.82) is 0 Å². The lowest BCUT2D eigenvalue weighted by Gasteiger charge is -2.07. The number of nitrogens with zero attached hydrogens (tertiary/aromatic N) is 1. The van der Waals surface area contributed by atoms with E-state index >= 15 is 0 Å². The van der Waals surface area contributed by atoms with Gasteiger partial charge in [-0.3, -0.25) is 10.1 Å². The van der Waals surface area contributed by atoms with Crippen LogP contribution in [0.3, 0.4) is 0 Å². The number of anilines is 1. The van der Waals surface area contributed by atoms with E-state index in [1.165, 1.54) is 25.3 Å². The molecule has 1 aromatic rings. The van der Waals surface area contributed by atoms with Crippen LogP contribution >= 0.6 is 0 Å². The SMILES string of the molecule is CCCNc1cc(C(=O)OC)ccc1[N+](=O)[O-]. The number of hydrogen-bond donors (Lipinski definition) is 1. The van der Waals surface area contributed by atoms with Crippen LogP contribution in [0.25, 0.3) is 0 Å². The number of ether oxygens (including phenoxy) is 1. The Labute approximate surface area is 98.7 Å². The summed E-state index contributed by atoms with van der Waals surface area (Å²) in [4.78, 5) is 21.6. The molecule has 0 saturated heterocycles. The van der Waals surface area contributed by atoms with Crippen molar-refractivity contribution in [1.82, 2.24) is 0 Å². The molecule has 0 aromatic heterocycles. The Morgan fingerprint density at radius 1 is 1.53 bits per heavy atom. The molecule has 0 amide bonds. The fourth-order valence-electron chi connectivity index (χ4n) is 1.34. The average Bonchev–Trinajstić information content (AvgIpc) is 2.34. The van der Waals surface area contributed by atoms with Crippen molar-refractivity contribution in [3.8, 4) is 0 Å². The third-order valence-corrected chi connectivity index (χ3v) is 2.18. The van der Waals surface area contributed by atoms with Crippen molar-refractivity contribution in [3.05, 3.63) is 33.9 Å². The molecule has 0 radical (unpaired) electrons. The predicted molar refractivity (Wildman–Crippen MR) is 63.2 cm³/mol. The van der Waals surface area contributed by atoms with Crippen LogP contribution < -0.4 is 5.32 Å². The molecule has 0 bridgehead atoms. The number of methoxy groups -OCH3 is 1. The Bertz CT molecular complexity index is 431. The smallest absolute Gasteiger partial charge is 0.337 e. The summed E-state index contributed by atoms with van der Waals surface area (Å²) in [6, 6.07) is 4.10. The van der Waals surface area contributed by atoms with Gasteiger partial charge in [0.2, 0.25) is 0 Å². The first-order valence-corrected chi connectivity index (χ1v) is 5.20. The molecule has 0 heterocycles. The van der Waals surface area contributed by atoms with Crippen molar-refractivity contribution in [3.63, 3.8) is 0 Å². The molecule has 17 heavy (non-hydrogen) atoms. The van der Waals surface area contributed by atoms with Gasteiger partial charge in [-0.05, 0) is 18.6 Å². The maximum Gasteiger partial charge on any atom is 0.337 e. The highest BCUT2D eigenvalue weighted by molar-refractivity contribution is 5.91. The number of carbonyl (C=O) groups excluding carboxylic acids is 1. The zero-order chi connectivity index (χ0) is 12.8. The van der Waals surface area contributed by atoms with Gasteiger partial charge in [0.1, 0.15) is 5.69 Å². The summed E-state index contributed by atoms with van der Waals surface area (Å²) in [6.07, 6.45) is 0.833. The van der Waals surface area contributed by atoms with Gasteiger partial charge in [-0.25, -0.2) is 4.79 Å². The van der Waals surface area contributed by atoms with Gasteiger partial charge in [0.15, 0.2) is 0 Å². The minimum Gasteiger partial charge on any atom is -0.465 e. The molecular weight excluding hydrogens is 224 g/mol. The van der Waals surface area contributed by atoms with Crippen molar-refractivity contribution in [2.75, 3.05) is 19.0 Å². The van der Waals surface area contributed by atoms with E-state index in [1.54, 1.807) is 0 Å². The van der Waals surface area contributed by atoms with Gasteiger partial charge in [0.25, 0.3) is 5.69 Å². The van der Waals surface area contributed by atoms with E-state index in [4.69, 9.17) is 0 Å². The van der Waals surface area contributed by atoms with E-state index in [9.17, 15) is 14.9 Å². The van der Waals surface area contributed by atoms with E-state index in [0.717, 1.165) is 6.42 Å². The second-order valence-electron chi connectivity index (χ2n) is 3.41. The van der Waals surface area contributed by atoms with Gasteiger partial charge in [0, 0.05) is 12.6 Å². The molecule has 0 spiro atoms. The van der Waals surface area contributed by atoms with Crippen molar-refractivity contribution >= 4 is 17.3 Å². The highest BCUT2D eigenvalue weighted by Gasteiger charge is 2.16. The number of benzene rings is 1. The lowest BCUT2D eigenvalue weighted by atomic mass is 10.1. The Kier molecular flexibility index (Phi) is 4.45. The molecule has 0 aliphatic carbocycles. The van der Waals surface area contributed by atoms with Crippen LogP contribution in [0, 0.1) is 10.1 Å². The first kappa shape index (κ1) is 13.0. The Morgan fingerprint density at radius 2 is 2.24 bits per heavy atom. The van der Waals surface area contributed by atoms with E-state index in [0.29, 0.717) is 12.2 Å². The second kappa shape index (κ2) is 5.83. The van der Waals surface area contributed by atoms with Crippen LogP contribution in [-0.2, 0) is 4.74 Å². The molecular formula is C11H14N2O4. The third kappa shape index (κ3) is 3.17. The number of hydrogen-bond acceptors (Lipinski definition) is 5. The van der Waals surface area contributed by atoms with Crippen LogP contribution in [0.4, 0.5) is 11.4 Å². The van der Waals surface area contributed by atoms with Crippen molar-refractivity contribution in [2.24, 2.45) is 0 Å². The minimum absolute atomic E-state index is 0.0499. The number of rotatable bonds is 5. The average molecular weight is 238 g/mol. The summed E-state index contributed by atoms with van der Waals surface area (Å²) in [7, 11) is 1.27. The summed E-state index contributed by atoms with van der Waals surface area (Å²) in [5, 5.41) is 13.7. The number of nitro groups is 1. The molecule has 1 N–H and O–H groups in total. The maximum absolute atomic E-state index is 11.3. The van der Waals surface area contributed by atoms with Crippen LogP contribution in [0.15, 0.2) is 18.2 Å². The molecule has 0 atom stereocenters. The fraction of sp³-hybridized carbons (Fsp3) is 0.364. The van der Waals surface area contributed by atoms with Gasteiger partial charge in [-0.1, -0.05) is 6.92 Å². The summed E-state index contributed by atoms with van der Waals surface area (Å²) in [6.45, 7) is 2.55. The number of nitro benzene ring substituents is 1. The zero-order valence-corrected chi connectivity index (χ0v) is 9.73. The Morgan fingerprint density at radius 3 is 2.76 bits per heavy atom. The fourth-order valence-corrected chi connectivity index (χ4v) is 1.34. The Hall–Kier alpha value is -2.11. The van der Waals surface area contributed by atoms with Gasteiger partial charge in [-0.15, -0.1) is 0 Å². The molecule has 92 valence electrons. The van der Waals surface area contributed by atoms with Gasteiger partial charge in [0.05, 0.1) is 17.6 Å². The number of carbonyl (C=O) groups is 1. The molecule has 6 nitrogen and oxygen atoms in total. The van der Waals surface area contributed by atoms with Crippen LogP contribution in [0.2, 0.25) is 0 Å². The van der Waals surface area contributed by atoms with Gasteiger partial charge < -0.3 is 10.1 Å². The Balaban J connectivity index is 3.09. The highest BCUT2D eigenvalue weighted by atomic mass is 16.6. The van der Waals surface area contributed by atoms with Crippen molar-refractivity contribution in [2.45, 2.75) is 13.3 Å². The van der Waals surface area contributed by atoms with E-state index in [-0.39, 0.29) is 11.3 Å². The summed E-state index contributed by atoms with van der Waals surface area (Å²) < 4.78 is 4.56. The monoisotopic (exact) mass is 238 g/mol. The molecule has 0 aliphatic heterocycles. The summed E-state index contributed by atoms with van der Waals surface area (Å²) >= 11 is 0. The van der Waals surface area contributed by atoms with E-state index in [2.05, 4.69) is 10.1 Å². The molecule has 0 unspecified atom stereocenters. The van der Waals surface area contributed by atoms with Crippen LogP contribution in [0.5, 0.6) is 0 Å². The zero-order valence-electron chi connectivity index (χ0n) is 9.73. The first-order chi connectivity index (χ1) is 8.10. The molecule has 1 rings (SSSR count). The predicted octanol–water partition coefficient (Wildman–Crippen LogP) is 2.20. The summed E-state index contributed by atoms with van der Waals surface area (Å²) in [5.41, 5.74) is 0.572. The second-order valence-corrected chi connectivity index (χ2v) is 3.41. The first-order valence-electron chi connectivity index (χ1n) is 5.20. The number of nitrogens with one attached hydrogen (secondary N) is 1. The van der Waals surface area contributed by atoms with Gasteiger partial charge in [-0.2, -0.15) is 0 Å². The molecule has 0 aliphatic rings. The third-order valence-electron chi connectivity index (χ3n) is 2.18. The minimum atomic E-state index is -0.514. The summed E-state index contributed by atoms with van der Waals surface area (Å²) in [5.74, 6) is -0.514. The highest BCUT2D eigenvalue weighted by Crippen LogP contribution is 2.25. The van der Waals surface area contributed by atoms with Crippen LogP contribution in [-0.4, -0.2) is 24.5 Å². The molecule has 1 aromatic carbocycles. The lowest BCUT2D eigenvalue weighted by Crippen LogP contribution is -2.06. The molecule has 0 fully saturated rings. The van der Waals surface area contributed by atoms with E-state index in [1.807, 2.05) is 6.92 Å².